The molecule has 0 N–H and O–H groups in total. The number of nitrogens with zero attached hydrogens (tertiary/aromatic N) is 4. The summed E-state index contributed by atoms with van der Waals surface area (Å²) in [6.45, 7) is 6.38. The third-order valence-electron chi connectivity index (χ3n) is 13.2. The summed E-state index contributed by atoms with van der Waals surface area (Å²) in [5.74, 6) is -1.48. The average Bonchev–Trinajstić information content (AvgIpc) is 3.38. The summed E-state index contributed by atoms with van der Waals surface area (Å²) in [5.41, 5.74) is 2.47. The molecule has 2 unspecified atom stereocenters. The van der Waals surface area contributed by atoms with Crippen LogP contribution in [0.25, 0.3) is 43.1 Å². The summed E-state index contributed by atoms with van der Waals surface area (Å²) >= 11 is 4.22. The zero-order valence-corrected chi connectivity index (χ0v) is 40.8. The Kier molecular flexibility index (Phi) is 14.6. The number of hydrogen-bond donors (Lipinski definition) is 1. The predicted octanol–water partition coefficient (Wildman–Crippen LogP) is 11.7. The molecule has 0 bridgehead atoms. The summed E-state index contributed by atoms with van der Waals surface area (Å²) in [6, 6.07) is 26.2. The smallest absolute Gasteiger partial charge is 0.329 e. The van der Waals surface area contributed by atoms with Crippen LogP contribution in [0.1, 0.15) is 114 Å². The van der Waals surface area contributed by atoms with Crippen molar-refractivity contribution in [2.75, 3.05) is 32.2 Å². The van der Waals surface area contributed by atoms with E-state index < -0.39 is 47.7 Å². The van der Waals surface area contributed by atoms with Gasteiger partial charge in [0.05, 0.1) is 37.8 Å². The van der Waals surface area contributed by atoms with E-state index in [1.165, 1.54) is 13.8 Å². The van der Waals surface area contributed by atoms with Gasteiger partial charge in [0.1, 0.15) is 23.6 Å². The number of azo groups is 1. The number of carbonyl (C=O) groups excluding carboxylic acids is 6. The van der Waals surface area contributed by atoms with Crippen molar-refractivity contribution in [3.8, 4) is 11.5 Å². The number of fused-ring (bicyclic) bond motifs is 2. The van der Waals surface area contributed by atoms with Crippen LogP contribution >= 0.6 is 12.6 Å². The van der Waals surface area contributed by atoms with Gasteiger partial charge >= 0.3 is 11.9 Å². The van der Waals surface area contributed by atoms with Crippen LogP contribution in [-0.2, 0) is 19.1 Å². The van der Waals surface area contributed by atoms with E-state index in [1.54, 1.807) is 48.5 Å². The molecule has 2 heterocycles. The number of carbonyl (C=O) groups is 6. The first-order chi connectivity index (χ1) is 34.5. The van der Waals surface area contributed by atoms with Crippen molar-refractivity contribution >= 4 is 103 Å². The summed E-state index contributed by atoms with van der Waals surface area (Å²) in [5, 5.41) is 13.8. The Labute approximate surface area is 416 Å². The van der Waals surface area contributed by atoms with Crippen LogP contribution in [0, 0.1) is 0 Å². The molecule has 4 amide bonds. The molecule has 0 saturated carbocycles. The fraction of sp³-hybridized carbons (Fsp3) is 0.321. The number of rotatable bonds is 22. The van der Waals surface area contributed by atoms with E-state index in [1.807, 2.05) is 48.5 Å². The molecule has 0 aromatic heterocycles. The molecular formula is C56H54N4O10S. The molecule has 0 saturated heterocycles. The minimum atomic E-state index is -1.20. The number of esters is 2. The van der Waals surface area contributed by atoms with E-state index in [0.29, 0.717) is 71.1 Å². The van der Waals surface area contributed by atoms with E-state index in [-0.39, 0.29) is 35.5 Å². The Morgan fingerprint density at radius 1 is 0.465 bits per heavy atom. The minimum absolute atomic E-state index is 0.0680. The van der Waals surface area contributed by atoms with Crippen molar-refractivity contribution in [2.45, 2.75) is 84.2 Å². The van der Waals surface area contributed by atoms with Gasteiger partial charge in [-0.2, -0.15) is 22.9 Å². The van der Waals surface area contributed by atoms with Crippen LogP contribution in [0.3, 0.4) is 0 Å². The number of unbranched alkanes of at least 4 members (excludes halogenated alkanes) is 5. The fourth-order valence-corrected chi connectivity index (χ4v) is 9.69. The highest BCUT2D eigenvalue weighted by Gasteiger charge is 2.42. The molecular weight excluding hydrogens is 921 g/mol. The minimum Gasteiger partial charge on any atom is -0.494 e. The lowest BCUT2D eigenvalue weighted by atomic mass is 9.82. The first-order valence-corrected chi connectivity index (χ1v) is 24.9. The molecule has 364 valence electrons. The molecule has 0 spiro atoms. The third kappa shape index (κ3) is 9.50. The van der Waals surface area contributed by atoms with Gasteiger partial charge in [0, 0.05) is 33.0 Å². The normalized spacial score (nSPS) is 14.4. The Hall–Kier alpha value is -7.39. The van der Waals surface area contributed by atoms with Crippen molar-refractivity contribution in [3.05, 3.63) is 119 Å². The number of thiol groups is 1. The van der Waals surface area contributed by atoms with Crippen LogP contribution in [0.2, 0.25) is 0 Å². The molecule has 14 nitrogen and oxygen atoms in total. The summed E-state index contributed by atoms with van der Waals surface area (Å²) in [6.07, 6.45) is 6.72. The highest BCUT2D eigenvalue weighted by molar-refractivity contribution is 7.80. The highest BCUT2D eigenvalue weighted by Crippen LogP contribution is 2.46. The van der Waals surface area contributed by atoms with Crippen molar-refractivity contribution < 1.29 is 47.7 Å². The maximum atomic E-state index is 14.2. The van der Waals surface area contributed by atoms with Gasteiger partial charge in [-0.25, -0.2) is 9.59 Å². The number of imide groups is 2. The van der Waals surface area contributed by atoms with Crippen molar-refractivity contribution in [3.63, 3.8) is 0 Å². The van der Waals surface area contributed by atoms with E-state index in [0.717, 1.165) is 75.0 Å². The van der Waals surface area contributed by atoms with Gasteiger partial charge in [-0.05, 0) is 157 Å². The molecule has 7 aromatic carbocycles. The van der Waals surface area contributed by atoms with Gasteiger partial charge in [0.15, 0.2) is 0 Å². The monoisotopic (exact) mass is 974 g/mol. The maximum Gasteiger partial charge on any atom is 0.329 e. The van der Waals surface area contributed by atoms with E-state index in [9.17, 15) is 28.8 Å². The van der Waals surface area contributed by atoms with Crippen molar-refractivity contribution in [2.24, 2.45) is 10.2 Å². The zero-order chi connectivity index (χ0) is 49.8. The lowest BCUT2D eigenvalue weighted by molar-refractivity contribution is -0.148. The fourth-order valence-electron chi connectivity index (χ4n) is 9.47. The van der Waals surface area contributed by atoms with Crippen molar-refractivity contribution in [1.82, 2.24) is 9.80 Å². The van der Waals surface area contributed by atoms with Crippen LogP contribution in [0.5, 0.6) is 11.5 Å². The molecule has 2 atom stereocenters. The molecule has 7 aromatic rings. The zero-order valence-electron chi connectivity index (χ0n) is 39.9. The Morgan fingerprint density at radius 3 is 1.18 bits per heavy atom. The second-order valence-electron chi connectivity index (χ2n) is 17.9. The van der Waals surface area contributed by atoms with Gasteiger partial charge in [0.25, 0.3) is 23.6 Å². The molecule has 15 heteroatoms. The Bertz CT molecular complexity index is 3110. The Morgan fingerprint density at radius 2 is 0.817 bits per heavy atom. The number of ether oxygens (including phenoxy) is 4. The summed E-state index contributed by atoms with van der Waals surface area (Å²) in [7, 11) is 0. The number of amides is 4. The molecule has 9 rings (SSSR count). The topological polar surface area (TPSA) is 171 Å². The van der Waals surface area contributed by atoms with Crippen LogP contribution in [0.4, 0.5) is 11.4 Å². The first kappa shape index (κ1) is 48.6. The first-order valence-electron chi connectivity index (χ1n) is 24.3. The van der Waals surface area contributed by atoms with Gasteiger partial charge in [0.2, 0.25) is 0 Å². The Balaban J connectivity index is 0.825. The molecule has 0 radical (unpaired) electrons. The van der Waals surface area contributed by atoms with Crippen LogP contribution in [0.15, 0.2) is 107 Å². The molecule has 0 fully saturated rings. The second kappa shape index (κ2) is 21.3. The largest absolute Gasteiger partial charge is 0.494 e. The van der Waals surface area contributed by atoms with Gasteiger partial charge in [-0.1, -0.05) is 50.5 Å². The van der Waals surface area contributed by atoms with E-state index >= 15 is 0 Å². The maximum absolute atomic E-state index is 14.2. The lowest BCUT2D eigenvalue weighted by Crippen LogP contribution is -2.49. The number of benzene rings is 7. The highest BCUT2D eigenvalue weighted by atomic mass is 32.1. The molecule has 71 heavy (non-hydrogen) atoms. The van der Waals surface area contributed by atoms with Gasteiger partial charge in [-0.15, -0.1) is 0 Å². The standard InChI is InChI=1S/C56H54N4O10S/c1-4-5-6-7-30-69-55(65)33(2)59-51(61)43-24-20-39-41-22-26-45-50-46(27-23-42(48(41)50)40-21-25-44(52(59)62)49(43)47(39)40)54(64)60(53(45)63)34(3)56(66)70-31-9-8-28-67-37-16-12-35(13-17-37)57-58-36-14-18-38(19-15-36)68-29-10-11-32-71/h12-27,33-34,71H,4-11,28-32H2,1-3H3. The average molecular weight is 975 g/mol. The lowest BCUT2D eigenvalue weighted by Gasteiger charge is -2.32. The summed E-state index contributed by atoms with van der Waals surface area (Å²) in [4.78, 5) is 85.1. The summed E-state index contributed by atoms with van der Waals surface area (Å²) < 4.78 is 22.7. The van der Waals surface area contributed by atoms with Gasteiger partial charge in [-0.3, -0.25) is 29.0 Å². The second-order valence-corrected chi connectivity index (χ2v) is 18.3. The van der Waals surface area contributed by atoms with E-state index in [2.05, 4.69) is 29.8 Å². The third-order valence-corrected chi connectivity index (χ3v) is 13.5. The van der Waals surface area contributed by atoms with Crippen LogP contribution in [-0.4, -0.2) is 89.6 Å². The van der Waals surface area contributed by atoms with Gasteiger partial charge < -0.3 is 18.9 Å². The van der Waals surface area contributed by atoms with E-state index in [4.69, 9.17) is 18.9 Å². The van der Waals surface area contributed by atoms with Crippen LogP contribution < -0.4 is 9.47 Å². The van der Waals surface area contributed by atoms with Crippen molar-refractivity contribution in [1.29, 1.82) is 0 Å². The quantitative estimate of drug-likeness (QED) is 0.0131. The molecule has 2 aliphatic heterocycles. The molecule has 2 aliphatic rings. The predicted molar refractivity (Wildman–Crippen MR) is 274 cm³/mol. The molecule has 0 aliphatic carbocycles. The number of hydrogen-bond acceptors (Lipinski definition) is 13. The SMILES string of the molecule is CCCCCCOC(=O)C(C)N1C(=O)c2ccc3c4ccc5c6c(ccc(c7ccc(c2c37)C1=O)c64)C(=O)N(C(C)C(=O)OCCCCOc1ccc(N=Nc2ccc(OCCCCS)cc2)cc1)C5=O.